The van der Waals surface area contributed by atoms with Gasteiger partial charge in [0.25, 0.3) is 0 Å². The summed E-state index contributed by atoms with van der Waals surface area (Å²) in [6.07, 6.45) is 20.9. The Hall–Kier alpha value is -1.72. The second-order valence-corrected chi connectivity index (χ2v) is 6.52. The first kappa shape index (κ1) is 17.6. The molecule has 0 fully saturated rings. The number of ether oxygens (including phenoxy) is 1. The zero-order valence-electron chi connectivity index (χ0n) is 14.0. The lowest BCUT2D eigenvalue weighted by molar-refractivity contribution is 0.188. The van der Waals surface area contributed by atoms with Gasteiger partial charge in [-0.15, -0.1) is 0 Å². The van der Waals surface area contributed by atoms with Gasteiger partial charge >= 0.3 is 0 Å². The lowest BCUT2D eigenvalue weighted by atomic mass is 9.72. The molecule has 0 radical (unpaired) electrons. The van der Waals surface area contributed by atoms with Crippen molar-refractivity contribution in [1.82, 2.24) is 0 Å². The standard InChI is InChI=1S/C21H28O2/c1-2-23-18-16-21(13-4-3-5-14-21)15-12-20-10-8-19(9-11-20)7-6-17-22/h1,4,8-11,13,22H,3,5-7,12,14-18H2. The number of terminal acetylenes is 1. The summed E-state index contributed by atoms with van der Waals surface area (Å²) in [6.45, 7) is 0.900. The Morgan fingerprint density at radius 3 is 2.48 bits per heavy atom. The lowest BCUT2D eigenvalue weighted by Gasteiger charge is -2.33. The third-order valence-corrected chi connectivity index (χ3v) is 4.86. The molecular weight excluding hydrogens is 284 g/mol. The Bertz CT molecular complexity index is 524. The van der Waals surface area contributed by atoms with Crippen LogP contribution in [0.3, 0.4) is 0 Å². The smallest absolute Gasteiger partial charge is 0.106 e. The largest absolute Gasteiger partial charge is 0.447 e. The van der Waals surface area contributed by atoms with E-state index in [1.807, 2.05) is 0 Å². The molecule has 1 aromatic rings. The van der Waals surface area contributed by atoms with E-state index in [-0.39, 0.29) is 12.0 Å². The van der Waals surface area contributed by atoms with Crippen LogP contribution in [0.1, 0.15) is 49.7 Å². The SMILES string of the molecule is C#COCCC1(CCc2ccc(CCCO)cc2)C=CCCC1. The van der Waals surface area contributed by atoms with Crippen LogP contribution in [-0.2, 0) is 17.6 Å². The van der Waals surface area contributed by atoms with Gasteiger partial charge in [0.15, 0.2) is 0 Å². The minimum Gasteiger partial charge on any atom is -0.447 e. The zero-order chi connectivity index (χ0) is 16.4. The normalized spacial score (nSPS) is 20.2. The van der Waals surface area contributed by atoms with Gasteiger partial charge in [0, 0.05) is 6.61 Å². The molecule has 1 unspecified atom stereocenters. The maximum atomic E-state index is 8.90. The van der Waals surface area contributed by atoms with Crippen molar-refractivity contribution in [2.75, 3.05) is 13.2 Å². The Labute approximate surface area is 140 Å². The Balaban J connectivity index is 1.91. The summed E-state index contributed by atoms with van der Waals surface area (Å²) in [5.74, 6) is 0. The molecule has 1 atom stereocenters. The molecule has 0 aromatic heterocycles. The van der Waals surface area contributed by atoms with E-state index in [1.54, 1.807) is 0 Å². The molecule has 1 aliphatic rings. The number of aliphatic hydroxyl groups excluding tert-OH is 1. The van der Waals surface area contributed by atoms with Gasteiger partial charge in [-0.05, 0) is 67.9 Å². The average Bonchev–Trinajstić information content (AvgIpc) is 2.60. The van der Waals surface area contributed by atoms with Gasteiger partial charge in [-0.3, -0.25) is 0 Å². The zero-order valence-corrected chi connectivity index (χ0v) is 14.0. The Morgan fingerprint density at radius 1 is 1.13 bits per heavy atom. The fourth-order valence-corrected chi connectivity index (χ4v) is 3.39. The van der Waals surface area contributed by atoms with Crippen LogP contribution in [0.4, 0.5) is 0 Å². The van der Waals surface area contributed by atoms with Crippen molar-refractivity contribution in [2.24, 2.45) is 5.41 Å². The topological polar surface area (TPSA) is 29.5 Å². The first-order valence-corrected chi connectivity index (χ1v) is 8.72. The van der Waals surface area contributed by atoms with Crippen LogP contribution >= 0.6 is 0 Å². The van der Waals surface area contributed by atoms with Gasteiger partial charge in [0.05, 0.1) is 0 Å². The molecule has 0 saturated carbocycles. The van der Waals surface area contributed by atoms with Crippen molar-refractivity contribution in [1.29, 1.82) is 0 Å². The van der Waals surface area contributed by atoms with E-state index in [0.717, 1.165) is 32.1 Å². The van der Waals surface area contributed by atoms with Crippen molar-refractivity contribution < 1.29 is 9.84 Å². The predicted molar refractivity (Wildman–Crippen MR) is 95.0 cm³/mol. The number of benzene rings is 1. The highest BCUT2D eigenvalue weighted by atomic mass is 16.5. The molecule has 0 amide bonds. The summed E-state index contributed by atoms with van der Waals surface area (Å²) in [5.41, 5.74) is 2.93. The Morgan fingerprint density at radius 2 is 1.87 bits per heavy atom. The van der Waals surface area contributed by atoms with Crippen LogP contribution in [-0.4, -0.2) is 18.3 Å². The maximum Gasteiger partial charge on any atom is 0.106 e. The van der Waals surface area contributed by atoms with Gasteiger partial charge in [-0.1, -0.05) is 42.8 Å². The minimum atomic E-state index is 0.241. The van der Waals surface area contributed by atoms with E-state index >= 15 is 0 Å². The van der Waals surface area contributed by atoms with Crippen molar-refractivity contribution in [3.8, 4) is 12.5 Å². The molecule has 2 rings (SSSR count). The molecule has 23 heavy (non-hydrogen) atoms. The van der Waals surface area contributed by atoms with Crippen LogP contribution in [0.25, 0.3) is 0 Å². The van der Waals surface area contributed by atoms with Crippen molar-refractivity contribution in [3.05, 3.63) is 47.5 Å². The highest BCUT2D eigenvalue weighted by Gasteiger charge is 2.28. The number of rotatable bonds is 9. The van der Waals surface area contributed by atoms with Crippen LogP contribution < -0.4 is 0 Å². The summed E-state index contributed by atoms with van der Waals surface area (Å²) in [7, 11) is 0. The van der Waals surface area contributed by atoms with Crippen LogP contribution in [0.15, 0.2) is 36.4 Å². The molecule has 0 bridgehead atoms. The second kappa shape index (κ2) is 9.43. The summed E-state index contributed by atoms with van der Waals surface area (Å²) in [6, 6.07) is 8.83. The Kier molecular flexibility index (Phi) is 7.23. The van der Waals surface area contributed by atoms with E-state index in [9.17, 15) is 0 Å². The summed E-state index contributed by atoms with van der Waals surface area (Å²) < 4.78 is 5.14. The van der Waals surface area contributed by atoms with E-state index < -0.39 is 0 Å². The number of hydrogen-bond acceptors (Lipinski definition) is 2. The lowest BCUT2D eigenvalue weighted by Crippen LogP contribution is -2.23. The first-order valence-electron chi connectivity index (χ1n) is 8.72. The van der Waals surface area contributed by atoms with Gasteiger partial charge in [-0.2, -0.15) is 0 Å². The highest BCUT2D eigenvalue weighted by molar-refractivity contribution is 5.23. The summed E-state index contributed by atoms with van der Waals surface area (Å²) in [5, 5.41) is 8.90. The third kappa shape index (κ3) is 5.77. The number of hydrogen-bond donors (Lipinski definition) is 1. The average molecular weight is 312 g/mol. The molecule has 2 nitrogen and oxygen atoms in total. The fourth-order valence-electron chi connectivity index (χ4n) is 3.39. The van der Waals surface area contributed by atoms with Gasteiger partial charge in [-0.25, -0.2) is 0 Å². The number of aryl methyl sites for hydroxylation is 2. The van der Waals surface area contributed by atoms with Crippen molar-refractivity contribution in [3.63, 3.8) is 0 Å². The highest BCUT2D eigenvalue weighted by Crippen LogP contribution is 2.39. The van der Waals surface area contributed by atoms with Crippen LogP contribution in [0, 0.1) is 17.9 Å². The maximum absolute atomic E-state index is 8.90. The molecule has 1 aromatic carbocycles. The fraction of sp³-hybridized carbons (Fsp3) is 0.524. The quantitative estimate of drug-likeness (QED) is 0.419. The first-order chi connectivity index (χ1) is 11.3. The third-order valence-electron chi connectivity index (χ3n) is 4.86. The van der Waals surface area contributed by atoms with Crippen molar-refractivity contribution in [2.45, 2.75) is 51.4 Å². The predicted octanol–water partition coefficient (Wildman–Crippen LogP) is 4.27. The number of allylic oxidation sites excluding steroid dienone is 2. The summed E-state index contributed by atoms with van der Waals surface area (Å²) >= 11 is 0. The summed E-state index contributed by atoms with van der Waals surface area (Å²) in [4.78, 5) is 0. The van der Waals surface area contributed by atoms with Gasteiger partial charge in [0.1, 0.15) is 12.7 Å². The molecule has 1 aliphatic carbocycles. The monoisotopic (exact) mass is 312 g/mol. The molecule has 124 valence electrons. The van der Waals surface area contributed by atoms with E-state index in [0.29, 0.717) is 6.61 Å². The molecular formula is C21H28O2. The minimum absolute atomic E-state index is 0.241. The molecule has 0 heterocycles. The van der Waals surface area contributed by atoms with Gasteiger partial charge < -0.3 is 9.84 Å². The second-order valence-electron chi connectivity index (χ2n) is 6.52. The molecule has 0 saturated heterocycles. The van der Waals surface area contributed by atoms with Crippen LogP contribution in [0.5, 0.6) is 0 Å². The van der Waals surface area contributed by atoms with Gasteiger partial charge in [0.2, 0.25) is 0 Å². The van der Waals surface area contributed by atoms with Crippen molar-refractivity contribution >= 4 is 0 Å². The van der Waals surface area contributed by atoms with E-state index in [4.69, 9.17) is 16.3 Å². The number of aliphatic hydroxyl groups is 1. The molecule has 1 N–H and O–H groups in total. The van der Waals surface area contributed by atoms with E-state index in [1.165, 1.54) is 30.4 Å². The van der Waals surface area contributed by atoms with Crippen LogP contribution in [0.2, 0.25) is 0 Å². The van der Waals surface area contributed by atoms with E-state index in [2.05, 4.69) is 42.5 Å². The molecule has 0 aliphatic heterocycles. The molecule has 2 heteroatoms. The molecule has 0 spiro atoms.